The highest BCUT2D eigenvalue weighted by molar-refractivity contribution is 7.89. The largest absolute Gasteiger partial charge is 0.495 e. The molecule has 0 aliphatic carbocycles. The van der Waals surface area contributed by atoms with Gasteiger partial charge in [-0.3, -0.25) is 0 Å². The minimum atomic E-state index is -3.46. The number of ether oxygens (including phenoxy) is 1. The van der Waals surface area contributed by atoms with Crippen molar-refractivity contribution in [1.82, 2.24) is 9.62 Å². The molecule has 1 heterocycles. The van der Waals surface area contributed by atoms with Gasteiger partial charge in [-0.1, -0.05) is 6.07 Å². The molecule has 1 N–H and O–H groups in total. The van der Waals surface area contributed by atoms with Crippen LogP contribution in [0.1, 0.15) is 5.56 Å². The first-order valence-electron chi connectivity index (χ1n) is 5.91. The van der Waals surface area contributed by atoms with Crippen LogP contribution < -0.4 is 10.1 Å². The second kappa shape index (κ2) is 6.56. The first-order chi connectivity index (χ1) is 8.55. The van der Waals surface area contributed by atoms with Crippen molar-refractivity contribution in [2.75, 3.05) is 33.3 Å². The molecule has 1 aliphatic heterocycles. The summed E-state index contributed by atoms with van der Waals surface area (Å²) in [7, 11) is -1.97. The maximum atomic E-state index is 12.5. The van der Waals surface area contributed by atoms with Gasteiger partial charge < -0.3 is 10.1 Å². The zero-order chi connectivity index (χ0) is 13.2. The van der Waals surface area contributed by atoms with Gasteiger partial charge in [0.25, 0.3) is 0 Å². The summed E-state index contributed by atoms with van der Waals surface area (Å²) < 4.78 is 31.7. The maximum Gasteiger partial charge on any atom is 0.246 e. The molecule has 0 atom stereocenters. The van der Waals surface area contributed by atoms with Crippen molar-refractivity contribution in [2.24, 2.45) is 0 Å². The molecule has 0 amide bonds. The van der Waals surface area contributed by atoms with Crippen molar-refractivity contribution in [2.45, 2.75) is 11.8 Å². The summed E-state index contributed by atoms with van der Waals surface area (Å²) in [4.78, 5) is 0.256. The lowest BCUT2D eigenvalue weighted by molar-refractivity contribution is 0.355. The molecule has 108 valence electrons. The number of halogens is 1. The van der Waals surface area contributed by atoms with Crippen LogP contribution in [-0.4, -0.2) is 46.0 Å². The Balaban J connectivity index is 0.00000180. The van der Waals surface area contributed by atoms with Gasteiger partial charge in [0.1, 0.15) is 10.6 Å². The Labute approximate surface area is 120 Å². The molecule has 7 heteroatoms. The molecular weight excluding hydrogens is 288 g/mol. The molecule has 1 aromatic rings. The van der Waals surface area contributed by atoms with E-state index in [1.807, 2.05) is 13.0 Å². The minimum Gasteiger partial charge on any atom is -0.495 e. The van der Waals surface area contributed by atoms with E-state index in [-0.39, 0.29) is 17.3 Å². The van der Waals surface area contributed by atoms with Crippen LogP contribution in [0.3, 0.4) is 0 Å². The standard InChI is InChI=1S/C12H18N2O3S.ClH/c1-10-3-4-11(17-2)12(9-10)18(15,16)14-7-5-13-6-8-14;/h3-4,9,13H,5-8H2,1-2H3;1H. The summed E-state index contributed by atoms with van der Waals surface area (Å²) >= 11 is 0. The second-order valence-electron chi connectivity index (χ2n) is 4.31. The summed E-state index contributed by atoms with van der Waals surface area (Å²) in [6.45, 7) is 4.25. The van der Waals surface area contributed by atoms with E-state index in [1.54, 1.807) is 12.1 Å². The van der Waals surface area contributed by atoms with Crippen LogP contribution in [0.5, 0.6) is 5.75 Å². The quantitative estimate of drug-likeness (QED) is 0.906. The number of hydrogen-bond acceptors (Lipinski definition) is 4. The van der Waals surface area contributed by atoms with Crippen LogP contribution in [0.15, 0.2) is 23.1 Å². The van der Waals surface area contributed by atoms with Crippen molar-refractivity contribution in [3.05, 3.63) is 23.8 Å². The number of hydrogen-bond donors (Lipinski definition) is 1. The van der Waals surface area contributed by atoms with Crippen LogP contribution in [0.4, 0.5) is 0 Å². The third-order valence-corrected chi connectivity index (χ3v) is 4.93. The molecule has 0 bridgehead atoms. The molecule has 0 unspecified atom stereocenters. The van der Waals surface area contributed by atoms with Crippen molar-refractivity contribution >= 4 is 22.4 Å². The Morgan fingerprint density at radius 3 is 2.47 bits per heavy atom. The third kappa shape index (κ3) is 3.39. The molecule has 5 nitrogen and oxygen atoms in total. The van der Waals surface area contributed by atoms with Crippen molar-refractivity contribution < 1.29 is 13.2 Å². The van der Waals surface area contributed by atoms with Crippen LogP contribution in [0.25, 0.3) is 0 Å². The fourth-order valence-corrected chi connectivity index (χ4v) is 3.69. The minimum absolute atomic E-state index is 0. The predicted molar refractivity (Wildman–Crippen MR) is 76.6 cm³/mol. The van der Waals surface area contributed by atoms with E-state index in [9.17, 15) is 8.42 Å². The van der Waals surface area contributed by atoms with Crippen molar-refractivity contribution in [1.29, 1.82) is 0 Å². The zero-order valence-corrected chi connectivity index (χ0v) is 12.7. The van der Waals surface area contributed by atoms with E-state index in [4.69, 9.17) is 4.74 Å². The molecule has 0 aromatic heterocycles. The number of benzene rings is 1. The van der Waals surface area contributed by atoms with Gasteiger partial charge in [0, 0.05) is 26.2 Å². The van der Waals surface area contributed by atoms with Gasteiger partial charge in [0.15, 0.2) is 0 Å². The Morgan fingerprint density at radius 1 is 1.26 bits per heavy atom. The van der Waals surface area contributed by atoms with Gasteiger partial charge in [-0.05, 0) is 24.6 Å². The van der Waals surface area contributed by atoms with E-state index >= 15 is 0 Å². The van der Waals surface area contributed by atoms with Gasteiger partial charge in [-0.25, -0.2) is 8.42 Å². The van der Waals surface area contributed by atoms with Crippen molar-refractivity contribution in [3.8, 4) is 5.75 Å². The highest BCUT2D eigenvalue weighted by Crippen LogP contribution is 2.27. The summed E-state index contributed by atoms with van der Waals surface area (Å²) in [6, 6.07) is 5.20. The molecular formula is C12H19ClN2O3S. The SMILES string of the molecule is COc1ccc(C)cc1S(=O)(=O)N1CCNCC1.Cl. The Bertz CT molecular complexity index is 528. The number of aryl methyl sites for hydroxylation is 1. The molecule has 1 saturated heterocycles. The summed E-state index contributed by atoms with van der Waals surface area (Å²) in [5.41, 5.74) is 0.907. The van der Waals surface area contributed by atoms with Gasteiger partial charge in [-0.2, -0.15) is 4.31 Å². The zero-order valence-electron chi connectivity index (χ0n) is 11.0. The van der Waals surface area contributed by atoms with E-state index in [0.29, 0.717) is 31.9 Å². The molecule has 2 rings (SSSR count). The van der Waals surface area contributed by atoms with E-state index in [0.717, 1.165) is 5.56 Å². The number of piperazine rings is 1. The van der Waals surface area contributed by atoms with Crippen LogP contribution in [0.2, 0.25) is 0 Å². The van der Waals surface area contributed by atoms with Crippen molar-refractivity contribution in [3.63, 3.8) is 0 Å². The number of sulfonamides is 1. The Kier molecular flexibility index (Phi) is 5.61. The average molecular weight is 307 g/mol. The number of nitrogens with one attached hydrogen (secondary N) is 1. The molecule has 19 heavy (non-hydrogen) atoms. The first kappa shape index (κ1) is 16.2. The predicted octanol–water partition coefficient (Wildman–Crippen LogP) is 1.02. The van der Waals surface area contributed by atoms with E-state index < -0.39 is 10.0 Å². The highest BCUT2D eigenvalue weighted by atomic mass is 35.5. The maximum absolute atomic E-state index is 12.5. The lowest BCUT2D eigenvalue weighted by Crippen LogP contribution is -2.46. The lowest BCUT2D eigenvalue weighted by atomic mass is 10.2. The van der Waals surface area contributed by atoms with Crippen LogP contribution in [0, 0.1) is 6.92 Å². The second-order valence-corrected chi connectivity index (χ2v) is 6.21. The van der Waals surface area contributed by atoms with E-state index in [1.165, 1.54) is 11.4 Å². The lowest BCUT2D eigenvalue weighted by Gasteiger charge is -2.27. The average Bonchev–Trinajstić information content (AvgIpc) is 2.39. The first-order valence-corrected chi connectivity index (χ1v) is 7.35. The molecule has 1 aliphatic rings. The van der Waals surface area contributed by atoms with Crippen LogP contribution in [-0.2, 0) is 10.0 Å². The van der Waals surface area contributed by atoms with Crippen LogP contribution >= 0.6 is 12.4 Å². The van der Waals surface area contributed by atoms with Gasteiger partial charge in [0.2, 0.25) is 10.0 Å². The molecule has 1 fully saturated rings. The number of nitrogens with zero attached hydrogens (tertiary/aromatic N) is 1. The fourth-order valence-electron chi connectivity index (χ4n) is 2.01. The highest BCUT2D eigenvalue weighted by Gasteiger charge is 2.28. The topological polar surface area (TPSA) is 58.6 Å². The number of rotatable bonds is 3. The monoisotopic (exact) mass is 306 g/mol. The Morgan fingerprint density at radius 2 is 1.89 bits per heavy atom. The van der Waals surface area contributed by atoms with Gasteiger partial charge in [-0.15, -0.1) is 12.4 Å². The summed E-state index contributed by atoms with van der Waals surface area (Å²) in [6.07, 6.45) is 0. The summed E-state index contributed by atoms with van der Waals surface area (Å²) in [5, 5.41) is 3.14. The van der Waals surface area contributed by atoms with Gasteiger partial charge >= 0.3 is 0 Å². The summed E-state index contributed by atoms with van der Waals surface area (Å²) in [5.74, 6) is 0.402. The van der Waals surface area contributed by atoms with E-state index in [2.05, 4.69) is 5.32 Å². The van der Waals surface area contributed by atoms with Gasteiger partial charge in [0.05, 0.1) is 7.11 Å². The molecule has 0 spiro atoms. The third-order valence-electron chi connectivity index (χ3n) is 3.01. The smallest absolute Gasteiger partial charge is 0.246 e. The molecule has 0 radical (unpaired) electrons. The molecule has 1 aromatic carbocycles. The Hall–Kier alpha value is -0.820. The normalized spacial score (nSPS) is 16.7. The number of methoxy groups -OCH3 is 1. The molecule has 0 saturated carbocycles. The fraction of sp³-hybridized carbons (Fsp3) is 0.500.